The van der Waals surface area contributed by atoms with Crippen LogP contribution >= 0.6 is 11.6 Å². The van der Waals surface area contributed by atoms with Gasteiger partial charge in [0.1, 0.15) is 0 Å². The van der Waals surface area contributed by atoms with Gasteiger partial charge in [-0.25, -0.2) is 0 Å². The van der Waals surface area contributed by atoms with Crippen LogP contribution in [0.5, 0.6) is 0 Å². The SMILES string of the molecule is CCn1c2c(c3cc(Cl)ccc31)CCN1C2=CNC1C.CS(=O)(=O)O. The van der Waals surface area contributed by atoms with Crippen molar-refractivity contribution in [3.63, 3.8) is 0 Å². The van der Waals surface area contributed by atoms with Gasteiger partial charge in [-0.05, 0) is 44.0 Å². The molecule has 3 heterocycles. The Morgan fingerprint density at radius 1 is 1.40 bits per heavy atom. The summed E-state index contributed by atoms with van der Waals surface area (Å²) in [6.45, 7) is 6.47. The molecule has 0 saturated heterocycles. The molecule has 0 spiro atoms. The van der Waals surface area contributed by atoms with Crippen LogP contribution in [0.4, 0.5) is 0 Å². The van der Waals surface area contributed by atoms with Gasteiger partial charge in [-0.1, -0.05) is 11.6 Å². The average molecular weight is 384 g/mol. The van der Waals surface area contributed by atoms with E-state index in [1.54, 1.807) is 0 Å². The summed E-state index contributed by atoms with van der Waals surface area (Å²) in [5.41, 5.74) is 5.44. The fourth-order valence-corrected chi connectivity index (χ4v) is 3.77. The fraction of sp³-hybridized carbons (Fsp3) is 0.412. The number of hydrogen-bond donors (Lipinski definition) is 2. The number of rotatable bonds is 1. The molecule has 136 valence electrons. The molecule has 0 radical (unpaired) electrons. The number of hydrogen-bond acceptors (Lipinski definition) is 4. The smallest absolute Gasteiger partial charge is 0.261 e. The van der Waals surface area contributed by atoms with Crippen molar-refractivity contribution in [3.05, 3.63) is 40.7 Å². The minimum absolute atomic E-state index is 0.394. The number of fused-ring (bicyclic) bond motifs is 5. The zero-order chi connectivity index (χ0) is 18.4. The first-order valence-corrected chi connectivity index (χ1v) is 10.4. The molecule has 6 nitrogen and oxygen atoms in total. The molecule has 0 aliphatic carbocycles. The molecule has 2 aliphatic heterocycles. The van der Waals surface area contributed by atoms with E-state index in [0.717, 1.165) is 24.5 Å². The molecule has 8 heteroatoms. The summed E-state index contributed by atoms with van der Waals surface area (Å²) in [5.74, 6) is 0. The largest absolute Gasteiger partial charge is 0.370 e. The Morgan fingerprint density at radius 2 is 2.08 bits per heavy atom. The number of nitrogens with zero attached hydrogens (tertiary/aromatic N) is 2. The predicted octanol–water partition coefficient (Wildman–Crippen LogP) is 2.92. The first kappa shape index (κ1) is 18.1. The molecule has 0 fully saturated rings. The van der Waals surface area contributed by atoms with Gasteiger partial charge in [0.15, 0.2) is 0 Å². The van der Waals surface area contributed by atoms with Crippen LogP contribution in [0.3, 0.4) is 0 Å². The molecule has 0 saturated carbocycles. The summed E-state index contributed by atoms with van der Waals surface area (Å²) in [4.78, 5) is 2.45. The third-order valence-corrected chi connectivity index (χ3v) is 4.77. The normalized spacial score (nSPS) is 18.8. The number of aryl methyl sites for hydroxylation is 1. The van der Waals surface area contributed by atoms with Crippen LogP contribution in [0.25, 0.3) is 16.6 Å². The van der Waals surface area contributed by atoms with Crippen molar-refractivity contribution in [1.82, 2.24) is 14.8 Å². The van der Waals surface area contributed by atoms with E-state index < -0.39 is 10.1 Å². The highest BCUT2D eigenvalue weighted by atomic mass is 35.5. The Morgan fingerprint density at radius 3 is 2.72 bits per heavy atom. The first-order valence-electron chi connectivity index (χ1n) is 8.17. The second kappa shape index (κ2) is 6.55. The number of aromatic nitrogens is 1. The van der Waals surface area contributed by atoms with E-state index in [0.29, 0.717) is 12.4 Å². The third kappa shape index (κ3) is 3.49. The van der Waals surface area contributed by atoms with E-state index in [-0.39, 0.29) is 0 Å². The Hall–Kier alpha value is -1.70. The molecule has 1 aromatic carbocycles. The highest BCUT2D eigenvalue weighted by Gasteiger charge is 2.32. The maximum atomic E-state index is 9.19. The summed E-state index contributed by atoms with van der Waals surface area (Å²) >= 11 is 6.20. The molecule has 0 amide bonds. The summed E-state index contributed by atoms with van der Waals surface area (Å²) < 4.78 is 28.3. The lowest BCUT2D eigenvalue weighted by molar-refractivity contribution is 0.307. The molecule has 2 aromatic rings. The molecule has 25 heavy (non-hydrogen) atoms. The van der Waals surface area contributed by atoms with Gasteiger partial charge in [-0.15, -0.1) is 0 Å². The van der Waals surface area contributed by atoms with Gasteiger partial charge >= 0.3 is 0 Å². The molecule has 4 rings (SSSR count). The van der Waals surface area contributed by atoms with Crippen molar-refractivity contribution in [3.8, 4) is 0 Å². The topological polar surface area (TPSA) is 74.6 Å². The Labute approximate surface area is 152 Å². The number of benzene rings is 1. The van der Waals surface area contributed by atoms with E-state index in [1.165, 1.54) is 27.9 Å². The molecular weight excluding hydrogens is 362 g/mol. The van der Waals surface area contributed by atoms with E-state index in [4.69, 9.17) is 16.2 Å². The van der Waals surface area contributed by atoms with Crippen molar-refractivity contribution in [1.29, 1.82) is 0 Å². The molecule has 1 atom stereocenters. The van der Waals surface area contributed by atoms with E-state index in [9.17, 15) is 8.42 Å². The van der Waals surface area contributed by atoms with Gasteiger partial charge in [0.2, 0.25) is 0 Å². The van der Waals surface area contributed by atoms with Crippen molar-refractivity contribution < 1.29 is 13.0 Å². The number of halogens is 1. The third-order valence-electron chi connectivity index (χ3n) is 4.53. The Kier molecular flexibility index (Phi) is 4.74. The van der Waals surface area contributed by atoms with E-state index in [1.807, 2.05) is 6.07 Å². The van der Waals surface area contributed by atoms with Gasteiger partial charge in [0.05, 0.1) is 23.8 Å². The van der Waals surface area contributed by atoms with E-state index >= 15 is 0 Å². The summed E-state index contributed by atoms with van der Waals surface area (Å²) in [6, 6.07) is 6.25. The second-order valence-electron chi connectivity index (χ2n) is 6.28. The van der Waals surface area contributed by atoms with Crippen LogP contribution in [-0.4, -0.2) is 41.4 Å². The lowest BCUT2D eigenvalue weighted by Crippen LogP contribution is -2.37. The fourth-order valence-electron chi connectivity index (χ4n) is 3.60. The van der Waals surface area contributed by atoms with Crippen LogP contribution in [-0.2, 0) is 23.1 Å². The molecule has 0 bridgehead atoms. The zero-order valence-corrected chi connectivity index (χ0v) is 16.0. The van der Waals surface area contributed by atoms with E-state index in [2.05, 4.69) is 47.0 Å². The van der Waals surface area contributed by atoms with Crippen molar-refractivity contribution in [2.75, 3.05) is 12.8 Å². The highest BCUT2D eigenvalue weighted by molar-refractivity contribution is 7.85. The Bertz CT molecular complexity index is 942. The van der Waals surface area contributed by atoms with Crippen LogP contribution < -0.4 is 5.32 Å². The molecular formula is C17H22ClN3O3S. The summed E-state index contributed by atoms with van der Waals surface area (Å²) in [6.07, 6.45) is 4.36. The predicted molar refractivity (Wildman–Crippen MR) is 101 cm³/mol. The lowest BCUT2D eigenvalue weighted by Gasteiger charge is -2.31. The average Bonchev–Trinajstić information content (AvgIpc) is 3.03. The maximum absolute atomic E-state index is 9.19. The van der Waals surface area contributed by atoms with Crippen molar-refractivity contribution in [2.45, 2.75) is 33.0 Å². The molecule has 1 unspecified atom stereocenters. The standard InChI is InChI=1S/C16H18ClN3.CH4O3S/c1-3-19-14-5-4-11(17)8-13(14)12-6-7-20-10(2)18-9-15(20)16(12)19;1-5(2,3)4/h4-5,8-10,18H,3,6-7H2,1-2H3;1H3,(H,2,3,4). The van der Waals surface area contributed by atoms with Crippen molar-refractivity contribution >= 4 is 38.3 Å². The summed E-state index contributed by atoms with van der Waals surface area (Å²) in [5, 5.41) is 5.57. The molecule has 2 N–H and O–H groups in total. The Balaban J connectivity index is 0.000000324. The van der Waals surface area contributed by atoms with Crippen molar-refractivity contribution in [2.24, 2.45) is 0 Å². The number of nitrogens with one attached hydrogen (secondary N) is 1. The van der Waals surface area contributed by atoms with Crippen LogP contribution in [0.2, 0.25) is 5.02 Å². The summed E-state index contributed by atoms with van der Waals surface area (Å²) in [7, 11) is -3.67. The van der Waals surface area contributed by atoms with Gasteiger partial charge < -0.3 is 14.8 Å². The van der Waals surface area contributed by atoms with Gasteiger partial charge in [-0.3, -0.25) is 4.55 Å². The van der Waals surface area contributed by atoms with Gasteiger partial charge in [0.25, 0.3) is 10.1 Å². The zero-order valence-electron chi connectivity index (χ0n) is 14.5. The quantitative estimate of drug-likeness (QED) is 0.740. The van der Waals surface area contributed by atoms with Gasteiger partial charge in [-0.2, -0.15) is 8.42 Å². The maximum Gasteiger partial charge on any atom is 0.261 e. The highest BCUT2D eigenvalue weighted by Crippen LogP contribution is 2.39. The molecule has 2 aliphatic rings. The minimum atomic E-state index is -3.67. The van der Waals surface area contributed by atoms with Gasteiger partial charge in [0, 0.05) is 35.2 Å². The van der Waals surface area contributed by atoms with Crippen LogP contribution in [0.1, 0.15) is 25.1 Å². The minimum Gasteiger partial charge on any atom is -0.370 e. The molecule has 1 aromatic heterocycles. The first-order chi connectivity index (χ1) is 11.7. The monoisotopic (exact) mass is 383 g/mol. The second-order valence-corrected chi connectivity index (χ2v) is 8.18. The van der Waals surface area contributed by atoms with Crippen LogP contribution in [0.15, 0.2) is 24.4 Å². The van der Waals surface area contributed by atoms with Crippen LogP contribution in [0, 0.1) is 0 Å². The lowest BCUT2D eigenvalue weighted by atomic mass is 10.0.